The van der Waals surface area contributed by atoms with Crippen molar-refractivity contribution in [3.8, 4) is 11.5 Å². The van der Waals surface area contributed by atoms with Crippen LogP contribution in [0.4, 0.5) is 5.69 Å². The van der Waals surface area contributed by atoms with Crippen molar-refractivity contribution in [2.45, 2.75) is 37.5 Å². The molecule has 0 spiro atoms. The maximum atomic E-state index is 12.7. The van der Waals surface area contributed by atoms with Crippen LogP contribution in [0.15, 0.2) is 52.5 Å². The lowest BCUT2D eigenvalue weighted by Crippen LogP contribution is -2.36. The molecule has 0 radical (unpaired) electrons. The van der Waals surface area contributed by atoms with Gasteiger partial charge in [0.15, 0.2) is 0 Å². The van der Waals surface area contributed by atoms with E-state index in [1.54, 1.807) is 31.2 Å². The van der Waals surface area contributed by atoms with E-state index in [1.807, 2.05) is 0 Å². The van der Waals surface area contributed by atoms with Crippen LogP contribution in [0, 0.1) is 11.8 Å². The molecule has 1 fully saturated rings. The third kappa shape index (κ3) is 6.30. The number of benzene rings is 2. The zero-order valence-corrected chi connectivity index (χ0v) is 20.6. The Morgan fingerprint density at radius 2 is 1.66 bits per heavy atom. The summed E-state index contributed by atoms with van der Waals surface area (Å²) in [6, 6.07) is 11.0. The molecule has 0 aromatic heterocycles. The fourth-order valence-electron chi connectivity index (χ4n) is 4.01. The molecule has 10 nitrogen and oxygen atoms in total. The number of carbonyl (C=O) groups excluding carboxylic acids is 1. The van der Waals surface area contributed by atoms with Crippen LogP contribution < -0.4 is 19.6 Å². The minimum atomic E-state index is -4.00. The molecule has 1 aliphatic rings. The fraction of sp³-hybridized carbons (Fsp3) is 0.375. The van der Waals surface area contributed by atoms with E-state index in [-0.39, 0.29) is 16.6 Å². The Morgan fingerprint density at radius 3 is 2.26 bits per heavy atom. The van der Waals surface area contributed by atoms with Crippen molar-refractivity contribution in [1.82, 2.24) is 4.83 Å². The van der Waals surface area contributed by atoms with E-state index in [1.165, 1.54) is 32.4 Å². The molecule has 0 saturated heterocycles. The molecule has 1 aliphatic carbocycles. The van der Waals surface area contributed by atoms with Gasteiger partial charge in [-0.3, -0.25) is 9.59 Å². The number of carboxylic acid groups (broad SMARTS) is 1. The SMILES string of the molecule is COc1ccc(S(=O)(=O)N/N=C(\C)c2ccc(NC(=O)C3CCCCC3C(=O)O)cc2)c(OC)c1. The number of ether oxygens (including phenoxy) is 2. The molecule has 2 aromatic carbocycles. The third-order valence-electron chi connectivity index (χ3n) is 5.98. The molecule has 0 heterocycles. The van der Waals surface area contributed by atoms with E-state index in [4.69, 9.17) is 9.47 Å². The summed E-state index contributed by atoms with van der Waals surface area (Å²) in [5, 5.41) is 16.2. The zero-order valence-electron chi connectivity index (χ0n) is 19.8. The normalized spacial score (nSPS) is 18.4. The molecule has 2 atom stereocenters. The van der Waals surface area contributed by atoms with Crippen molar-refractivity contribution >= 4 is 33.3 Å². The first-order valence-electron chi connectivity index (χ1n) is 11.1. The van der Waals surface area contributed by atoms with E-state index in [9.17, 15) is 23.1 Å². The highest BCUT2D eigenvalue weighted by molar-refractivity contribution is 7.89. The Balaban J connectivity index is 1.68. The smallest absolute Gasteiger partial charge is 0.307 e. The van der Waals surface area contributed by atoms with Crippen LogP contribution in [0.25, 0.3) is 0 Å². The summed E-state index contributed by atoms with van der Waals surface area (Å²) in [5.74, 6) is -1.91. The number of hydrogen-bond donors (Lipinski definition) is 3. The number of methoxy groups -OCH3 is 2. The molecule has 2 unspecified atom stereocenters. The molecule has 188 valence electrons. The number of hydrogen-bond acceptors (Lipinski definition) is 7. The summed E-state index contributed by atoms with van der Waals surface area (Å²) >= 11 is 0. The maximum Gasteiger partial charge on any atom is 0.307 e. The van der Waals surface area contributed by atoms with E-state index in [2.05, 4.69) is 15.2 Å². The number of amides is 1. The Hall–Kier alpha value is -3.60. The standard InChI is InChI=1S/C24H29N3O7S/c1-15(26-27-35(31,32)22-13-12-18(33-2)14-21(22)34-3)16-8-10-17(11-9-16)25-23(28)19-6-4-5-7-20(19)24(29)30/h8-14,19-20,27H,4-7H2,1-3H3,(H,25,28)(H,29,30)/b26-15+. The van der Waals surface area contributed by atoms with Crippen LogP contribution >= 0.6 is 0 Å². The number of aliphatic carboxylic acids is 1. The topological polar surface area (TPSA) is 143 Å². The van der Waals surface area contributed by atoms with Gasteiger partial charge < -0.3 is 19.9 Å². The van der Waals surface area contributed by atoms with Crippen molar-refractivity contribution in [3.63, 3.8) is 0 Å². The second kappa shape index (κ2) is 11.2. The van der Waals surface area contributed by atoms with E-state index in [0.717, 1.165) is 12.8 Å². The van der Waals surface area contributed by atoms with Gasteiger partial charge in [-0.25, -0.2) is 0 Å². The molecule has 2 aromatic rings. The Morgan fingerprint density at radius 1 is 1.00 bits per heavy atom. The predicted molar refractivity (Wildman–Crippen MR) is 130 cm³/mol. The Bertz CT molecular complexity index is 1210. The number of hydrazone groups is 1. The summed E-state index contributed by atoms with van der Waals surface area (Å²) in [6.07, 6.45) is 2.68. The molecule has 0 aliphatic heterocycles. The molecule has 3 N–H and O–H groups in total. The average molecular weight is 504 g/mol. The second-order valence-electron chi connectivity index (χ2n) is 8.21. The number of nitrogens with zero attached hydrogens (tertiary/aromatic N) is 1. The molecule has 35 heavy (non-hydrogen) atoms. The lowest BCUT2D eigenvalue weighted by Gasteiger charge is -2.27. The maximum absolute atomic E-state index is 12.7. The van der Waals surface area contributed by atoms with Crippen LogP contribution in [0.3, 0.4) is 0 Å². The summed E-state index contributed by atoms with van der Waals surface area (Å²) in [5.41, 5.74) is 1.55. The van der Waals surface area contributed by atoms with Gasteiger partial charge in [-0.1, -0.05) is 25.0 Å². The number of rotatable bonds is 9. The molecule has 3 rings (SSSR count). The number of nitrogens with one attached hydrogen (secondary N) is 2. The lowest BCUT2D eigenvalue weighted by atomic mass is 9.78. The van der Waals surface area contributed by atoms with Gasteiger partial charge in [0.2, 0.25) is 5.91 Å². The minimum absolute atomic E-state index is 0.0854. The summed E-state index contributed by atoms with van der Waals surface area (Å²) in [4.78, 5) is 26.2. The first-order chi connectivity index (χ1) is 16.7. The minimum Gasteiger partial charge on any atom is -0.497 e. The van der Waals surface area contributed by atoms with Crippen molar-refractivity contribution in [3.05, 3.63) is 48.0 Å². The van der Waals surface area contributed by atoms with Gasteiger partial charge in [-0.05, 0) is 49.6 Å². The summed E-state index contributed by atoms with van der Waals surface area (Å²) < 4.78 is 35.7. The monoisotopic (exact) mass is 503 g/mol. The summed E-state index contributed by atoms with van der Waals surface area (Å²) in [7, 11) is -1.18. The van der Waals surface area contributed by atoms with Crippen molar-refractivity contribution in [2.24, 2.45) is 16.9 Å². The second-order valence-corrected chi connectivity index (χ2v) is 9.84. The summed E-state index contributed by atoms with van der Waals surface area (Å²) in [6.45, 7) is 1.64. The van der Waals surface area contributed by atoms with Crippen molar-refractivity contribution in [2.75, 3.05) is 19.5 Å². The van der Waals surface area contributed by atoms with Crippen molar-refractivity contribution in [1.29, 1.82) is 0 Å². The number of anilines is 1. The van der Waals surface area contributed by atoms with E-state index < -0.39 is 27.8 Å². The number of sulfonamides is 1. The molecule has 11 heteroatoms. The van der Waals surface area contributed by atoms with Gasteiger partial charge >= 0.3 is 5.97 Å². The van der Waals surface area contributed by atoms with Gasteiger partial charge in [0.1, 0.15) is 16.4 Å². The molecule has 0 bridgehead atoms. The van der Waals surface area contributed by atoms with Gasteiger partial charge in [-0.15, -0.1) is 0 Å². The van der Waals surface area contributed by atoms with Gasteiger partial charge in [-0.2, -0.15) is 18.4 Å². The quantitative estimate of drug-likeness (QED) is 0.352. The van der Waals surface area contributed by atoms with Crippen LogP contribution in [-0.2, 0) is 19.6 Å². The highest BCUT2D eigenvalue weighted by Gasteiger charge is 2.35. The third-order valence-corrected chi connectivity index (χ3v) is 7.23. The fourth-order valence-corrected chi connectivity index (χ4v) is 5.02. The predicted octanol–water partition coefficient (Wildman–Crippen LogP) is 3.24. The first-order valence-corrected chi connectivity index (χ1v) is 12.6. The highest BCUT2D eigenvalue weighted by Crippen LogP contribution is 2.31. The van der Waals surface area contributed by atoms with Gasteiger partial charge in [0.25, 0.3) is 10.0 Å². The lowest BCUT2D eigenvalue weighted by molar-refractivity contribution is -0.147. The average Bonchev–Trinajstić information content (AvgIpc) is 2.87. The van der Waals surface area contributed by atoms with E-state index in [0.29, 0.717) is 35.6 Å². The van der Waals surface area contributed by atoms with Crippen LogP contribution in [0.5, 0.6) is 11.5 Å². The van der Waals surface area contributed by atoms with E-state index >= 15 is 0 Å². The Kier molecular flexibility index (Phi) is 8.34. The number of carboxylic acids is 1. The largest absolute Gasteiger partial charge is 0.497 e. The molecular formula is C24H29N3O7S. The molecular weight excluding hydrogens is 474 g/mol. The first kappa shape index (κ1) is 26.0. The molecule has 1 saturated carbocycles. The Labute approximate surface area is 204 Å². The van der Waals surface area contributed by atoms with Crippen LogP contribution in [0.1, 0.15) is 38.2 Å². The highest BCUT2D eigenvalue weighted by atomic mass is 32.2. The zero-order chi connectivity index (χ0) is 25.6. The molecule has 1 amide bonds. The van der Waals surface area contributed by atoms with Gasteiger partial charge in [0.05, 0.1) is 31.8 Å². The van der Waals surface area contributed by atoms with Gasteiger partial charge in [0, 0.05) is 11.8 Å². The van der Waals surface area contributed by atoms with Crippen molar-refractivity contribution < 1.29 is 32.6 Å². The van der Waals surface area contributed by atoms with Crippen LogP contribution in [0.2, 0.25) is 0 Å². The van der Waals surface area contributed by atoms with Crippen LogP contribution in [-0.4, -0.2) is 45.3 Å². The number of carbonyl (C=O) groups is 2.